The normalized spacial score (nSPS) is 12.6. The van der Waals surface area contributed by atoms with Crippen molar-refractivity contribution in [3.63, 3.8) is 0 Å². The van der Waals surface area contributed by atoms with Gasteiger partial charge < -0.3 is 10.4 Å². The highest BCUT2D eigenvalue weighted by molar-refractivity contribution is 7.91. The monoisotopic (exact) mass is 486 g/mol. The molecule has 0 heterocycles. The molecule has 0 atom stereocenters. The molecule has 0 saturated carbocycles. The topological polar surface area (TPSA) is 113 Å². The third-order valence-electron chi connectivity index (χ3n) is 5.18. The van der Waals surface area contributed by atoms with Crippen LogP contribution in [-0.2, 0) is 19.9 Å². The summed E-state index contributed by atoms with van der Waals surface area (Å²) in [6.07, 6.45) is 0. The quantitative estimate of drug-likeness (QED) is 0.308. The van der Waals surface area contributed by atoms with Crippen molar-refractivity contribution in [2.75, 3.05) is 5.32 Å². The van der Waals surface area contributed by atoms with Crippen LogP contribution in [0.5, 0.6) is 5.75 Å². The molecule has 9 heteroatoms. The van der Waals surface area contributed by atoms with Gasteiger partial charge in [0.05, 0.1) is 9.79 Å². The molecule has 33 heavy (non-hydrogen) atoms. The highest BCUT2D eigenvalue weighted by Gasteiger charge is 2.27. The molecule has 0 saturated heterocycles. The van der Waals surface area contributed by atoms with E-state index in [1.165, 1.54) is 37.3 Å². The number of hydrogen-bond acceptors (Lipinski definition) is 5. The van der Waals surface area contributed by atoms with Gasteiger partial charge in [-0.2, -0.15) is 8.42 Å². The van der Waals surface area contributed by atoms with E-state index in [0.29, 0.717) is 11.3 Å². The molecule has 3 aromatic rings. The summed E-state index contributed by atoms with van der Waals surface area (Å²) in [5.74, 6) is -0.316. The zero-order valence-corrected chi connectivity index (χ0v) is 20.7. The van der Waals surface area contributed by atoms with E-state index in [-0.39, 0.29) is 31.8 Å². The summed E-state index contributed by atoms with van der Waals surface area (Å²) in [6.45, 7) is 8.41. The van der Waals surface area contributed by atoms with Gasteiger partial charge in [0.15, 0.2) is 0 Å². The Labute approximate surface area is 194 Å². The van der Waals surface area contributed by atoms with E-state index in [1.54, 1.807) is 38.1 Å². The standard InChI is InChI=1S/C24H26N2O5S2/c1-15-6-10-20(11-7-15)32(28,29)24-18(4)23(17(3)14-22(24)27)25-19(5)26-33(30,31)21-12-8-16(2)9-13-21/h6-14,27H,1-5H3,(H,25,26). The van der Waals surface area contributed by atoms with Gasteiger partial charge in [0.1, 0.15) is 16.5 Å². The zero-order chi connectivity index (χ0) is 24.6. The van der Waals surface area contributed by atoms with E-state index < -0.39 is 19.9 Å². The Hall–Kier alpha value is -3.17. The lowest BCUT2D eigenvalue weighted by Gasteiger charge is -2.18. The molecule has 0 aliphatic rings. The number of aryl methyl sites for hydroxylation is 3. The third-order valence-corrected chi connectivity index (χ3v) is 8.51. The van der Waals surface area contributed by atoms with E-state index in [0.717, 1.165) is 11.1 Å². The molecule has 2 N–H and O–H groups in total. The highest BCUT2D eigenvalue weighted by Crippen LogP contribution is 2.37. The maximum absolute atomic E-state index is 13.3. The van der Waals surface area contributed by atoms with Crippen molar-refractivity contribution in [2.24, 2.45) is 4.40 Å². The Bertz CT molecular complexity index is 1440. The fraction of sp³-hybridized carbons (Fsp3) is 0.208. The second-order valence-electron chi connectivity index (χ2n) is 7.95. The number of rotatable bonds is 5. The van der Waals surface area contributed by atoms with E-state index in [2.05, 4.69) is 9.71 Å². The second kappa shape index (κ2) is 8.99. The first kappa shape index (κ1) is 24.5. The van der Waals surface area contributed by atoms with Crippen LogP contribution in [-0.4, -0.2) is 27.8 Å². The summed E-state index contributed by atoms with van der Waals surface area (Å²) in [5.41, 5.74) is 2.98. The summed E-state index contributed by atoms with van der Waals surface area (Å²) in [5, 5.41) is 13.4. The van der Waals surface area contributed by atoms with Crippen molar-refractivity contribution >= 4 is 31.4 Å². The lowest BCUT2D eigenvalue weighted by Crippen LogP contribution is -2.15. The molecule has 0 aromatic heterocycles. The Morgan fingerprint density at radius 3 is 1.82 bits per heavy atom. The van der Waals surface area contributed by atoms with Gasteiger partial charge in [0, 0.05) is 5.69 Å². The van der Waals surface area contributed by atoms with Crippen molar-refractivity contribution in [1.29, 1.82) is 0 Å². The van der Waals surface area contributed by atoms with Gasteiger partial charge in [0.25, 0.3) is 10.0 Å². The van der Waals surface area contributed by atoms with Gasteiger partial charge in [-0.25, -0.2) is 8.42 Å². The van der Waals surface area contributed by atoms with Crippen LogP contribution in [0.3, 0.4) is 0 Å². The summed E-state index contributed by atoms with van der Waals surface area (Å²) >= 11 is 0. The molecular weight excluding hydrogens is 460 g/mol. The number of amidine groups is 1. The largest absolute Gasteiger partial charge is 0.507 e. The fourth-order valence-electron chi connectivity index (χ4n) is 3.46. The predicted molar refractivity (Wildman–Crippen MR) is 129 cm³/mol. The number of sulfonamides is 1. The molecule has 174 valence electrons. The van der Waals surface area contributed by atoms with Crippen LogP contribution >= 0.6 is 0 Å². The van der Waals surface area contributed by atoms with Crippen LogP contribution in [0.2, 0.25) is 0 Å². The number of sulfone groups is 1. The van der Waals surface area contributed by atoms with E-state index >= 15 is 0 Å². The first-order valence-electron chi connectivity index (χ1n) is 10.1. The number of phenols is 1. The molecule has 3 rings (SSSR count). The Morgan fingerprint density at radius 1 is 0.818 bits per heavy atom. The van der Waals surface area contributed by atoms with Crippen LogP contribution in [0.1, 0.15) is 29.2 Å². The molecule has 3 aromatic carbocycles. The van der Waals surface area contributed by atoms with Crippen molar-refractivity contribution in [1.82, 2.24) is 0 Å². The van der Waals surface area contributed by atoms with Crippen LogP contribution < -0.4 is 5.32 Å². The highest BCUT2D eigenvalue weighted by atomic mass is 32.2. The van der Waals surface area contributed by atoms with Crippen LogP contribution in [0.25, 0.3) is 0 Å². The van der Waals surface area contributed by atoms with Gasteiger partial charge in [-0.15, -0.1) is 4.40 Å². The number of benzene rings is 3. The first-order valence-corrected chi connectivity index (χ1v) is 13.1. The van der Waals surface area contributed by atoms with Crippen LogP contribution in [0.4, 0.5) is 5.69 Å². The lowest BCUT2D eigenvalue weighted by molar-refractivity contribution is 0.457. The maximum Gasteiger partial charge on any atom is 0.283 e. The maximum atomic E-state index is 13.3. The van der Waals surface area contributed by atoms with Gasteiger partial charge in [0.2, 0.25) is 9.84 Å². The zero-order valence-electron chi connectivity index (χ0n) is 19.0. The van der Waals surface area contributed by atoms with Crippen molar-refractivity contribution in [2.45, 2.75) is 49.3 Å². The molecule has 0 unspecified atom stereocenters. The molecule has 0 spiro atoms. The van der Waals surface area contributed by atoms with Crippen molar-refractivity contribution < 1.29 is 21.9 Å². The number of hydrogen-bond donors (Lipinski definition) is 2. The number of anilines is 1. The summed E-state index contributed by atoms with van der Waals surface area (Å²) < 4.78 is 55.6. The average molecular weight is 487 g/mol. The lowest BCUT2D eigenvalue weighted by atomic mass is 10.1. The second-order valence-corrected chi connectivity index (χ2v) is 11.4. The van der Waals surface area contributed by atoms with Crippen molar-refractivity contribution in [3.8, 4) is 5.75 Å². The van der Waals surface area contributed by atoms with E-state index in [4.69, 9.17) is 0 Å². The fourth-order valence-corrected chi connectivity index (χ4v) is 6.02. The number of nitrogens with one attached hydrogen (secondary N) is 1. The first-order chi connectivity index (χ1) is 15.3. The van der Waals surface area contributed by atoms with E-state index in [1.807, 2.05) is 13.8 Å². The molecule has 7 nitrogen and oxygen atoms in total. The van der Waals surface area contributed by atoms with Gasteiger partial charge in [-0.3, -0.25) is 0 Å². The summed E-state index contributed by atoms with van der Waals surface area (Å²) in [7, 11) is -7.98. The van der Waals surface area contributed by atoms with Crippen LogP contribution in [0.15, 0.2) is 73.7 Å². The molecule has 0 radical (unpaired) electrons. The molecule has 0 aliphatic carbocycles. The van der Waals surface area contributed by atoms with Gasteiger partial charge in [-0.1, -0.05) is 35.4 Å². The minimum Gasteiger partial charge on any atom is -0.507 e. The van der Waals surface area contributed by atoms with Gasteiger partial charge in [-0.05, 0) is 76.1 Å². The molecule has 0 aliphatic heterocycles. The van der Waals surface area contributed by atoms with Gasteiger partial charge >= 0.3 is 0 Å². The predicted octanol–water partition coefficient (Wildman–Crippen LogP) is 4.68. The summed E-state index contributed by atoms with van der Waals surface area (Å²) in [6, 6.07) is 14.0. The minimum absolute atomic E-state index is 0.0497. The number of nitrogens with zero attached hydrogens (tertiary/aromatic N) is 1. The smallest absolute Gasteiger partial charge is 0.283 e. The Kier molecular flexibility index (Phi) is 6.67. The van der Waals surface area contributed by atoms with Crippen LogP contribution in [0, 0.1) is 27.7 Å². The Balaban J connectivity index is 2.05. The number of phenolic OH excluding ortho intramolecular Hbond substituents is 1. The molecular formula is C24H26N2O5S2. The Morgan fingerprint density at radius 2 is 1.30 bits per heavy atom. The molecule has 0 bridgehead atoms. The number of aromatic hydroxyl groups is 1. The minimum atomic E-state index is -4.02. The molecule has 0 amide bonds. The third kappa shape index (κ3) is 5.09. The SMILES string of the molecule is CC(=NS(=O)(=O)c1ccc(C)cc1)Nc1c(C)cc(O)c(S(=O)(=O)c2ccc(C)cc2)c1C. The average Bonchev–Trinajstić information content (AvgIpc) is 2.71. The van der Waals surface area contributed by atoms with E-state index in [9.17, 15) is 21.9 Å². The molecule has 0 fully saturated rings. The van der Waals surface area contributed by atoms with Crippen molar-refractivity contribution in [3.05, 3.63) is 76.9 Å². The summed E-state index contributed by atoms with van der Waals surface area (Å²) in [4.78, 5) is -0.140.